The van der Waals surface area contributed by atoms with Crippen LogP contribution < -0.4 is 16.1 Å². The highest BCUT2D eigenvalue weighted by atomic mass is 16.3. The average molecular weight is 357 g/mol. The van der Waals surface area contributed by atoms with E-state index in [1.165, 1.54) is 11.6 Å². The number of imidazole rings is 1. The molecule has 0 amide bonds. The number of aryl methyl sites for hydroxylation is 1. The van der Waals surface area contributed by atoms with Crippen molar-refractivity contribution in [1.29, 1.82) is 0 Å². The largest absolute Gasteiger partial charge is 0.392 e. The molecule has 0 radical (unpaired) electrons. The first kappa shape index (κ1) is 17.9. The third-order valence-electron chi connectivity index (χ3n) is 4.38. The second-order valence-corrected chi connectivity index (χ2v) is 6.59. The number of fused-ring (bicyclic) bond motifs is 1. The van der Waals surface area contributed by atoms with Gasteiger partial charge in [-0.2, -0.15) is 4.98 Å². The number of rotatable bonds is 5. The van der Waals surface area contributed by atoms with E-state index >= 15 is 0 Å². The van der Waals surface area contributed by atoms with Crippen LogP contribution in [0.15, 0.2) is 39.9 Å². The Balaban J connectivity index is 2.21. The molecule has 0 unspecified atom stereocenters. The standard InChI is InChI=1S/C18H23N5O3/c1-12(24)10-23-14-15(21(3)18(26)22(4)16(14)25)19-17(23)20(2)11-13-8-6-5-7-9-13/h5-9,12,24H,10-11H2,1-4H3/t12-/m1/s1. The minimum Gasteiger partial charge on any atom is -0.392 e. The summed E-state index contributed by atoms with van der Waals surface area (Å²) in [5.74, 6) is 0.531. The Kier molecular flexibility index (Phi) is 4.69. The van der Waals surface area contributed by atoms with Crippen LogP contribution in [0.3, 0.4) is 0 Å². The lowest BCUT2D eigenvalue weighted by Crippen LogP contribution is -2.37. The first-order chi connectivity index (χ1) is 12.3. The van der Waals surface area contributed by atoms with Crippen LogP contribution in [0.4, 0.5) is 5.95 Å². The Morgan fingerprint density at radius 2 is 1.81 bits per heavy atom. The lowest BCUT2D eigenvalue weighted by Gasteiger charge is -2.20. The predicted octanol–water partition coefficient (Wildman–Crippen LogP) is 0.451. The van der Waals surface area contributed by atoms with E-state index in [0.29, 0.717) is 23.7 Å². The van der Waals surface area contributed by atoms with Gasteiger partial charge >= 0.3 is 5.69 Å². The number of nitrogens with zero attached hydrogens (tertiary/aromatic N) is 5. The summed E-state index contributed by atoms with van der Waals surface area (Å²) in [4.78, 5) is 31.4. The van der Waals surface area contributed by atoms with E-state index in [1.54, 1.807) is 18.5 Å². The highest BCUT2D eigenvalue weighted by Gasteiger charge is 2.22. The normalized spacial score (nSPS) is 12.5. The van der Waals surface area contributed by atoms with Gasteiger partial charge in [0, 0.05) is 27.7 Å². The molecule has 0 aliphatic heterocycles. The maximum Gasteiger partial charge on any atom is 0.332 e. The van der Waals surface area contributed by atoms with E-state index in [4.69, 9.17) is 0 Å². The molecule has 2 aromatic heterocycles. The van der Waals surface area contributed by atoms with E-state index in [-0.39, 0.29) is 6.54 Å². The van der Waals surface area contributed by atoms with Crippen molar-refractivity contribution >= 4 is 17.1 Å². The van der Waals surface area contributed by atoms with Crippen LogP contribution in [0.5, 0.6) is 0 Å². The number of hydrogen-bond donors (Lipinski definition) is 1. The second-order valence-electron chi connectivity index (χ2n) is 6.59. The third-order valence-corrected chi connectivity index (χ3v) is 4.38. The molecule has 0 aliphatic carbocycles. The molecule has 138 valence electrons. The SMILES string of the molecule is C[C@@H](O)Cn1c(N(C)Cc2ccccc2)nc2c1c(=O)n(C)c(=O)n2C. The number of aliphatic hydroxyl groups excluding tert-OH is 1. The second kappa shape index (κ2) is 6.80. The molecule has 26 heavy (non-hydrogen) atoms. The molecule has 0 saturated carbocycles. The summed E-state index contributed by atoms with van der Waals surface area (Å²) in [5.41, 5.74) is 0.864. The molecule has 0 fully saturated rings. The molecular weight excluding hydrogens is 334 g/mol. The van der Waals surface area contributed by atoms with Gasteiger partial charge in [0.15, 0.2) is 11.2 Å². The Hall–Kier alpha value is -2.87. The summed E-state index contributed by atoms with van der Waals surface area (Å²) in [6.07, 6.45) is -0.668. The molecule has 8 heteroatoms. The average Bonchev–Trinajstić information content (AvgIpc) is 2.98. The third kappa shape index (κ3) is 3.03. The Bertz CT molecular complexity index is 1050. The van der Waals surface area contributed by atoms with Crippen LogP contribution >= 0.6 is 0 Å². The van der Waals surface area contributed by atoms with Crippen molar-refractivity contribution in [1.82, 2.24) is 18.7 Å². The summed E-state index contributed by atoms with van der Waals surface area (Å²) in [6, 6.07) is 9.88. The molecule has 3 rings (SSSR count). The summed E-state index contributed by atoms with van der Waals surface area (Å²) in [7, 11) is 4.90. The molecule has 3 aromatic rings. The first-order valence-corrected chi connectivity index (χ1v) is 8.40. The van der Waals surface area contributed by atoms with Crippen LogP contribution in [0.1, 0.15) is 12.5 Å². The number of anilines is 1. The first-order valence-electron chi connectivity index (χ1n) is 8.40. The van der Waals surface area contributed by atoms with Gasteiger partial charge in [-0.3, -0.25) is 13.9 Å². The summed E-state index contributed by atoms with van der Waals surface area (Å²) < 4.78 is 4.10. The van der Waals surface area contributed by atoms with E-state index in [1.807, 2.05) is 42.3 Å². The number of aromatic nitrogens is 4. The molecule has 0 spiro atoms. The zero-order chi connectivity index (χ0) is 19.0. The van der Waals surface area contributed by atoms with Crippen molar-refractivity contribution in [3.05, 3.63) is 56.7 Å². The highest BCUT2D eigenvalue weighted by molar-refractivity contribution is 5.74. The Morgan fingerprint density at radius 3 is 2.42 bits per heavy atom. The number of benzene rings is 1. The maximum atomic E-state index is 12.7. The Morgan fingerprint density at radius 1 is 1.15 bits per heavy atom. The number of aliphatic hydroxyl groups is 1. The van der Waals surface area contributed by atoms with E-state index in [9.17, 15) is 14.7 Å². The lowest BCUT2D eigenvalue weighted by molar-refractivity contribution is 0.175. The fraction of sp³-hybridized carbons (Fsp3) is 0.389. The molecule has 0 aliphatic rings. The van der Waals surface area contributed by atoms with E-state index < -0.39 is 17.4 Å². The topological polar surface area (TPSA) is 85.3 Å². The van der Waals surface area contributed by atoms with Gasteiger partial charge in [-0.15, -0.1) is 0 Å². The maximum absolute atomic E-state index is 12.7. The molecule has 8 nitrogen and oxygen atoms in total. The smallest absolute Gasteiger partial charge is 0.332 e. The van der Waals surface area contributed by atoms with Gasteiger partial charge in [-0.1, -0.05) is 30.3 Å². The molecule has 1 atom stereocenters. The molecular formula is C18H23N5O3. The van der Waals surface area contributed by atoms with Gasteiger partial charge in [0.1, 0.15) is 0 Å². The van der Waals surface area contributed by atoms with Crippen molar-refractivity contribution in [2.24, 2.45) is 14.1 Å². The van der Waals surface area contributed by atoms with Crippen LogP contribution in [0.2, 0.25) is 0 Å². The van der Waals surface area contributed by atoms with E-state index in [2.05, 4.69) is 4.98 Å². The van der Waals surface area contributed by atoms with Gasteiger partial charge in [-0.05, 0) is 12.5 Å². The summed E-state index contributed by atoms with van der Waals surface area (Å²) in [5, 5.41) is 9.92. The van der Waals surface area contributed by atoms with Gasteiger partial charge < -0.3 is 14.6 Å². The quantitative estimate of drug-likeness (QED) is 0.717. The van der Waals surface area contributed by atoms with Crippen LogP contribution in [0, 0.1) is 0 Å². The highest BCUT2D eigenvalue weighted by Crippen LogP contribution is 2.20. The van der Waals surface area contributed by atoms with Crippen LogP contribution in [-0.2, 0) is 27.2 Å². The zero-order valence-electron chi connectivity index (χ0n) is 15.4. The van der Waals surface area contributed by atoms with Gasteiger partial charge in [0.2, 0.25) is 5.95 Å². The Labute approximate surface area is 150 Å². The monoisotopic (exact) mass is 357 g/mol. The molecule has 1 aromatic carbocycles. The van der Waals surface area contributed by atoms with Crippen molar-refractivity contribution in [3.63, 3.8) is 0 Å². The van der Waals surface area contributed by atoms with Crippen molar-refractivity contribution in [2.45, 2.75) is 26.1 Å². The fourth-order valence-corrected chi connectivity index (χ4v) is 3.09. The van der Waals surface area contributed by atoms with Crippen LogP contribution in [-0.4, -0.2) is 36.9 Å². The summed E-state index contributed by atoms with van der Waals surface area (Å²) in [6.45, 7) is 2.44. The number of hydrogen-bond acceptors (Lipinski definition) is 5. The van der Waals surface area contributed by atoms with Crippen molar-refractivity contribution < 1.29 is 5.11 Å². The molecule has 0 bridgehead atoms. The zero-order valence-corrected chi connectivity index (χ0v) is 15.4. The predicted molar refractivity (Wildman–Crippen MR) is 100 cm³/mol. The minimum atomic E-state index is -0.668. The fourth-order valence-electron chi connectivity index (χ4n) is 3.09. The molecule has 0 saturated heterocycles. The molecule has 2 heterocycles. The molecule has 1 N–H and O–H groups in total. The summed E-state index contributed by atoms with van der Waals surface area (Å²) >= 11 is 0. The lowest BCUT2D eigenvalue weighted by atomic mass is 10.2. The van der Waals surface area contributed by atoms with Crippen molar-refractivity contribution in [2.75, 3.05) is 11.9 Å². The van der Waals surface area contributed by atoms with Gasteiger partial charge in [0.05, 0.1) is 12.6 Å². The van der Waals surface area contributed by atoms with Gasteiger partial charge in [0.25, 0.3) is 5.56 Å². The van der Waals surface area contributed by atoms with E-state index in [0.717, 1.165) is 10.1 Å². The van der Waals surface area contributed by atoms with Crippen molar-refractivity contribution in [3.8, 4) is 0 Å². The van der Waals surface area contributed by atoms with Gasteiger partial charge in [-0.25, -0.2) is 4.79 Å². The van der Waals surface area contributed by atoms with Crippen LogP contribution in [0.25, 0.3) is 11.2 Å². The minimum absolute atomic E-state index is 0.207.